The summed E-state index contributed by atoms with van der Waals surface area (Å²) >= 11 is 0. The Morgan fingerprint density at radius 2 is 0.880 bits per heavy atom. The Kier molecular flexibility index (Phi) is 28.3. The second-order valence-electron chi connectivity index (χ2n) is 29.2. The maximum absolute atomic E-state index is 6.66. The molecule has 92 heavy (non-hydrogen) atoms. The summed E-state index contributed by atoms with van der Waals surface area (Å²) in [6, 6.07) is 26.3. The smallest absolute Gasteiger partial charge is 0.678 e. The minimum absolute atomic E-state index is 0. The molecule has 5 aliphatic heterocycles. The Balaban J connectivity index is 0.000000140. The van der Waals surface area contributed by atoms with Gasteiger partial charge in [0.15, 0.2) is 0 Å². The second kappa shape index (κ2) is 36.8. The van der Waals surface area contributed by atoms with Crippen LogP contribution in [0.15, 0.2) is 85.1 Å². The molecule has 512 valence electrons. The Labute approximate surface area is 584 Å². The number of rotatable bonds is 18. The van der Waals surface area contributed by atoms with Gasteiger partial charge in [-0.05, 0) is 142 Å². The molecule has 15 rings (SSSR count). The van der Waals surface area contributed by atoms with Crippen molar-refractivity contribution in [2.45, 2.75) is 242 Å². The SMILES string of the molecule is C1=Cc2cccc(OCc3ccccc3COc3cccc4cccnc34)c2[N-]C1.C1CCC(COC2CCCC3CCCNC32)C(COC2CCCC3CCC[N-]C32)C1.C1CCC(COC2CCCC3CCC[N-]C32)C(COC2CCCC3CCC[N-]C32)C1.[Ag+].[Ag+]. The fraction of sp³-hybridized carbons (Fsp3) is 0.705. The van der Waals surface area contributed by atoms with Crippen molar-refractivity contribution in [1.82, 2.24) is 10.3 Å². The molecular weight excluding hydrogens is 1330 g/mol. The van der Waals surface area contributed by atoms with Crippen molar-refractivity contribution in [3.8, 4) is 11.5 Å². The quantitative estimate of drug-likeness (QED) is 0.0973. The first-order chi connectivity index (χ1) is 44.6. The van der Waals surface area contributed by atoms with Gasteiger partial charge in [-0.1, -0.05) is 193 Å². The molecular formula is C78H110Ag2N6O6-2. The van der Waals surface area contributed by atoms with Crippen molar-refractivity contribution in [3.63, 3.8) is 0 Å². The molecule has 12 nitrogen and oxygen atoms in total. The zero-order chi connectivity index (χ0) is 60.5. The van der Waals surface area contributed by atoms with Crippen LogP contribution in [0.4, 0.5) is 5.69 Å². The average Bonchev–Trinajstić information content (AvgIpc) is 2.14. The van der Waals surface area contributed by atoms with Crippen LogP contribution in [0.1, 0.15) is 196 Å². The normalized spacial score (nSPS) is 33.2. The number of fused-ring (bicyclic) bond motifs is 6. The van der Waals surface area contributed by atoms with Gasteiger partial charge in [-0.25, -0.2) is 0 Å². The standard InChI is InChI=1S/C26H45N2O2.C26H44N2O2.C26H21N2O2.2Ag/c3*1-2-8-22(18-30-24-14-4-10-20-12-6-16-28-26(20)24)21(7-1)17-29-23-13-3-9-19-11-5-15-27-25(19)23;;/h19-27H,1-18H2;19-26H,1-18H2;1-15H,16-18H2;;/q-1;-2;-1;2*+1. The number of ether oxygens (including phenoxy) is 6. The molecule has 1 aromatic heterocycles. The van der Waals surface area contributed by atoms with Gasteiger partial charge in [-0.15, -0.1) is 50.4 Å². The van der Waals surface area contributed by atoms with Crippen LogP contribution in [-0.4, -0.2) is 113 Å². The second-order valence-corrected chi connectivity index (χ2v) is 29.2. The average molecular weight is 1440 g/mol. The first kappa shape index (κ1) is 70.7. The molecule has 16 atom stereocenters. The summed E-state index contributed by atoms with van der Waals surface area (Å²) in [5.74, 6) is 7.65. The zero-order valence-corrected chi connectivity index (χ0v) is 58.2. The van der Waals surface area contributed by atoms with Crippen molar-refractivity contribution in [3.05, 3.63) is 123 Å². The third-order valence-electron chi connectivity index (χ3n) is 23.5. The molecule has 0 amide bonds. The first-order valence-corrected chi connectivity index (χ1v) is 37.0. The van der Waals surface area contributed by atoms with E-state index in [9.17, 15) is 0 Å². The summed E-state index contributed by atoms with van der Waals surface area (Å²) in [4.78, 5) is 4.47. The number of benzene rings is 3. The van der Waals surface area contributed by atoms with E-state index in [1.54, 1.807) is 6.20 Å². The fourth-order valence-electron chi connectivity index (χ4n) is 18.5. The Bertz CT molecular complexity index is 2650. The molecule has 10 fully saturated rings. The molecule has 16 unspecified atom stereocenters. The van der Waals surface area contributed by atoms with Gasteiger partial charge in [0.1, 0.15) is 30.2 Å². The van der Waals surface area contributed by atoms with E-state index in [0.717, 1.165) is 115 Å². The van der Waals surface area contributed by atoms with E-state index in [0.29, 0.717) is 92.0 Å². The molecule has 14 heteroatoms. The summed E-state index contributed by atoms with van der Waals surface area (Å²) in [7, 11) is 0. The number of aromatic nitrogens is 1. The van der Waals surface area contributed by atoms with E-state index in [1.165, 1.54) is 186 Å². The van der Waals surface area contributed by atoms with Crippen LogP contribution in [0, 0.1) is 47.3 Å². The van der Waals surface area contributed by atoms with Gasteiger partial charge in [-0.2, -0.15) is 0 Å². The largest absolute Gasteiger partial charge is 1.00 e. The monoisotopic (exact) mass is 1440 g/mol. The maximum Gasteiger partial charge on any atom is 1.00 e. The molecule has 6 saturated carbocycles. The van der Waals surface area contributed by atoms with Gasteiger partial charge < -0.3 is 55.0 Å². The Morgan fingerprint density at radius 1 is 0.424 bits per heavy atom. The molecule has 4 saturated heterocycles. The summed E-state index contributed by atoms with van der Waals surface area (Å²) < 4.78 is 38.9. The van der Waals surface area contributed by atoms with Crippen LogP contribution in [0.25, 0.3) is 38.2 Å². The van der Waals surface area contributed by atoms with E-state index >= 15 is 0 Å². The molecule has 6 aliphatic carbocycles. The van der Waals surface area contributed by atoms with Crippen molar-refractivity contribution in [1.29, 1.82) is 0 Å². The number of pyridine rings is 1. The van der Waals surface area contributed by atoms with Gasteiger partial charge in [-0.3, -0.25) is 4.98 Å². The van der Waals surface area contributed by atoms with Crippen LogP contribution in [-0.2, 0) is 76.9 Å². The number of hydrogen-bond donors (Lipinski definition) is 1. The third-order valence-corrected chi connectivity index (χ3v) is 23.5. The molecule has 0 radical (unpaired) electrons. The number of piperidine rings is 4. The summed E-state index contributed by atoms with van der Waals surface area (Å²) in [6.45, 7) is 9.79. The van der Waals surface area contributed by atoms with Crippen LogP contribution in [0.2, 0.25) is 0 Å². The molecule has 0 spiro atoms. The van der Waals surface area contributed by atoms with E-state index in [1.807, 2.05) is 54.6 Å². The van der Waals surface area contributed by atoms with Gasteiger partial charge in [0.05, 0.1) is 32.5 Å². The number of hydrogen-bond acceptors (Lipinski definition) is 8. The summed E-state index contributed by atoms with van der Waals surface area (Å²) in [5, 5.41) is 24.4. The topological polar surface area (TPSA) is 137 Å². The Hall–Kier alpha value is -2.63. The predicted octanol–water partition coefficient (Wildman–Crippen LogP) is 18.1. The number of nitrogens with zero attached hydrogens (tertiary/aromatic N) is 5. The molecule has 3 aromatic carbocycles. The van der Waals surface area contributed by atoms with E-state index in [2.05, 4.69) is 46.0 Å². The third kappa shape index (κ3) is 18.8. The minimum atomic E-state index is 0. The molecule has 4 aromatic rings. The number of nitrogens with one attached hydrogen (secondary N) is 1. The zero-order valence-electron chi connectivity index (χ0n) is 55.3. The molecule has 6 heterocycles. The summed E-state index contributed by atoms with van der Waals surface area (Å²) in [6.07, 6.45) is 45.1. The van der Waals surface area contributed by atoms with Gasteiger partial charge in [0, 0.05) is 35.9 Å². The van der Waals surface area contributed by atoms with Crippen molar-refractivity contribution >= 4 is 22.7 Å². The first-order valence-electron chi connectivity index (χ1n) is 37.0. The maximum atomic E-state index is 6.66. The van der Waals surface area contributed by atoms with Crippen LogP contribution < -0.4 is 14.8 Å². The summed E-state index contributed by atoms with van der Waals surface area (Å²) in [5.41, 5.74) is 5.08. The van der Waals surface area contributed by atoms with Gasteiger partial charge in [0.25, 0.3) is 0 Å². The van der Waals surface area contributed by atoms with Crippen LogP contribution >= 0.6 is 0 Å². The van der Waals surface area contributed by atoms with Crippen LogP contribution in [0.5, 0.6) is 11.5 Å². The fourth-order valence-corrected chi connectivity index (χ4v) is 18.5. The van der Waals surface area contributed by atoms with Gasteiger partial charge >= 0.3 is 44.8 Å². The minimum Gasteiger partial charge on any atom is -0.678 e. The van der Waals surface area contributed by atoms with E-state index in [-0.39, 0.29) is 44.8 Å². The predicted molar refractivity (Wildman–Crippen MR) is 364 cm³/mol. The van der Waals surface area contributed by atoms with Crippen molar-refractivity contribution in [2.75, 3.05) is 59.2 Å². The molecule has 11 aliphatic rings. The number of para-hydroxylation sites is 2. The molecule has 0 bridgehead atoms. The van der Waals surface area contributed by atoms with Crippen molar-refractivity contribution < 1.29 is 73.2 Å². The van der Waals surface area contributed by atoms with Crippen molar-refractivity contribution in [2.24, 2.45) is 47.3 Å². The Morgan fingerprint density at radius 3 is 1.43 bits per heavy atom. The molecule has 1 N–H and O–H groups in total. The van der Waals surface area contributed by atoms with E-state index in [4.69, 9.17) is 44.4 Å². The van der Waals surface area contributed by atoms with Crippen LogP contribution in [0.3, 0.4) is 0 Å². The van der Waals surface area contributed by atoms with Gasteiger partial charge in [0.2, 0.25) is 0 Å². The van der Waals surface area contributed by atoms with E-state index < -0.39 is 0 Å².